The fourth-order valence-electron chi connectivity index (χ4n) is 1.95. The third-order valence-electron chi connectivity index (χ3n) is 3.12. The number of anilines is 1. The second-order valence-electron chi connectivity index (χ2n) is 4.45. The normalized spacial score (nSPS) is 13.8. The van der Waals surface area contributed by atoms with Crippen LogP contribution in [0.15, 0.2) is 17.2 Å². The van der Waals surface area contributed by atoms with E-state index >= 15 is 0 Å². The zero-order chi connectivity index (χ0) is 16.1. The van der Waals surface area contributed by atoms with Gasteiger partial charge in [0.1, 0.15) is 28.6 Å². The Bertz CT molecular complexity index is 602. The Hall–Kier alpha value is -2.77. The minimum atomic E-state index is -0.429. The number of benzene rings is 1. The maximum absolute atomic E-state index is 12.2. The third kappa shape index (κ3) is 3.27. The molecule has 8 heteroatoms. The SMILES string of the molecule is COc1cc(OC)c(NC(=O)C2=NNC(=O)CC2)c(OC)c1. The molecule has 22 heavy (non-hydrogen) atoms. The Kier molecular flexibility index (Phi) is 4.82. The van der Waals surface area contributed by atoms with Crippen LogP contribution in [0.2, 0.25) is 0 Å². The van der Waals surface area contributed by atoms with Crippen molar-refractivity contribution in [1.82, 2.24) is 5.43 Å². The summed E-state index contributed by atoms with van der Waals surface area (Å²) in [6, 6.07) is 3.26. The molecule has 0 aromatic heterocycles. The van der Waals surface area contributed by atoms with Crippen molar-refractivity contribution >= 4 is 23.2 Å². The van der Waals surface area contributed by atoms with Gasteiger partial charge in [-0.1, -0.05) is 0 Å². The highest BCUT2D eigenvalue weighted by atomic mass is 16.5. The first kappa shape index (κ1) is 15.6. The molecule has 8 nitrogen and oxygen atoms in total. The first-order valence-corrected chi connectivity index (χ1v) is 6.55. The van der Waals surface area contributed by atoms with E-state index in [0.29, 0.717) is 22.9 Å². The van der Waals surface area contributed by atoms with Gasteiger partial charge in [0.25, 0.3) is 5.91 Å². The molecule has 0 spiro atoms. The van der Waals surface area contributed by atoms with E-state index in [4.69, 9.17) is 14.2 Å². The molecule has 0 aliphatic carbocycles. The van der Waals surface area contributed by atoms with Crippen LogP contribution in [-0.4, -0.2) is 38.9 Å². The molecule has 1 aliphatic rings. The molecular weight excluding hydrogens is 290 g/mol. The fraction of sp³-hybridized carbons (Fsp3) is 0.357. The molecule has 0 saturated carbocycles. The van der Waals surface area contributed by atoms with Crippen LogP contribution < -0.4 is 25.0 Å². The lowest BCUT2D eigenvalue weighted by molar-refractivity contribution is -0.121. The van der Waals surface area contributed by atoms with E-state index < -0.39 is 5.91 Å². The van der Waals surface area contributed by atoms with Gasteiger partial charge in [-0.15, -0.1) is 0 Å². The molecule has 118 valence electrons. The van der Waals surface area contributed by atoms with Crippen LogP contribution >= 0.6 is 0 Å². The number of ether oxygens (including phenoxy) is 3. The van der Waals surface area contributed by atoms with Gasteiger partial charge in [0.05, 0.1) is 21.3 Å². The number of nitrogens with zero attached hydrogens (tertiary/aromatic N) is 1. The van der Waals surface area contributed by atoms with Gasteiger partial charge >= 0.3 is 0 Å². The Labute approximate surface area is 127 Å². The Morgan fingerprint density at radius 1 is 1.14 bits per heavy atom. The first-order chi connectivity index (χ1) is 10.6. The molecule has 1 heterocycles. The smallest absolute Gasteiger partial charge is 0.272 e. The molecule has 1 aromatic carbocycles. The predicted molar refractivity (Wildman–Crippen MR) is 79.5 cm³/mol. The van der Waals surface area contributed by atoms with Crippen molar-refractivity contribution in [3.8, 4) is 17.2 Å². The largest absolute Gasteiger partial charge is 0.496 e. The molecule has 2 N–H and O–H groups in total. The summed E-state index contributed by atoms with van der Waals surface area (Å²) in [6.07, 6.45) is 0.502. The van der Waals surface area contributed by atoms with E-state index in [9.17, 15) is 9.59 Å². The number of carbonyl (C=O) groups excluding carboxylic acids is 2. The van der Waals surface area contributed by atoms with Gasteiger partial charge in [-0.2, -0.15) is 5.10 Å². The van der Waals surface area contributed by atoms with Crippen LogP contribution in [0.1, 0.15) is 12.8 Å². The highest BCUT2D eigenvalue weighted by Crippen LogP contribution is 2.38. The van der Waals surface area contributed by atoms with E-state index in [0.717, 1.165) is 0 Å². The second kappa shape index (κ2) is 6.79. The van der Waals surface area contributed by atoms with Gasteiger partial charge < -0.3 is 19.5 Å². The van der Waals surface area contributed by atoms with Gasteiger partial charge in [0.15, 0.2) is 0 Å². The highest BCUT2D eigenvalue weighted by molar-refractivity contribution is 6.43. The molecule has 2 amide bonds. The van der Waals surface area contributed by atoms with E-state index in [2.05, 4.69) is 15.8 Å². The molecule has 2 rings (SSSR count). The Morgan fingerprint density at radius 3 is 2.23 bits per heavy atom. The number of carbonyl (C=O) groups is 2. The fourth-order valence-corrected chi connectivity index (χ4v) is 1.95. The number of amides is 2. The number of hydrazone groups is 1. The summed E-state index contributed by atoms with van der Waals surface area (Å²) < 4.78 is 15.6. The van der Waals surface area contributed by atoms with Crippen molar-refractivity contribution in [1.29, 1.82) is 0 Å². The predicted octanol–water partition coefficient (Wildman–Crippen LogP) is 0.917. The van der Waals surface area contributed by atoms with Crippen molar-refractivity contribution in [2.75, 3.05) is 26.6 Å². The molecular formula is C14H17N3O5. The number of nitrogens with one attached hydrogen (secondary N) is 2. The van der Waals surface area contributed by atoms with Crippen LogP contribution in [-0.2, 0) is 9.59 Å². The van der Waals surface area contributed by atoms with Crippen molar-refractivity contribution in [3.63, 3.8) is 0 Å². The second-order valence-corrected chi connectivity index (χ2v) is 4.45. The van der Waals surface area contributed by atoms with Gasteiger partial charge in [-0.3, -0.25) is 9.59 Å². The lowest BCUT2D eigenvalue weighted by atomic mass is 10.1. The first-order valence-electron chi connectivity index (χ1n) is 6.55. The van der Waals surface area contributed by atoms with Crippen LogP contribution in [0.5, 0.6) is 17.2 Å². The van der Waals surface area contributed by atoms with Crippen molar-refractivity contribution in [2.45, 2.75) is 12.8 Å². The van der Waals surface area contributed by atoms with Crippen LogP contribution in [0.3, 0.4) is 0 Å². The highest BCUT2D eigenvalue weighted by Gasteiger charge is 2.22. The zero-order valence-corrected chi connectivity index (χ0v) is 12.6. The minimum absolute atomic E-state index is 0.212. The van der Waals surface area contributed by atoms with Crippen LogP contribution in [0.4, 0.5) is 5.69 Å². The molecule has 0 radical (unpaired) electrons. The van der Waals surface area contributed by atoms with Gasteiger partial charge in [0, 0.05) is 25.0 Å². The van der Waals surface area contributed by atoms with E-state index in [1.165, 1.54) is 21.3 Å². The molecule has 0 fully saturated rings. The molecule has 1 aromatic rings. The zero-order valence-electron chi connectivity index (χ0n) is 12.6. The molecule has 1 aliphatic heterocycles. The lowest BCUT2D eigenvalue weighted by Crippen LogP contribution is -2.32. The van der Waals surface area contributed by atoms with E-state index in [1.54, 1.807) is 12.1 Å². The summed E-state index contributed by atoms with van der Waals surface area (Å²) in [5.41, 5.74) is 2.89. The summed E-state index contributed by atoms with van der Waals surface area (Å²) in [6.45, 7) is 0. The minimum Gasteiger partial charge on any atom is -0.496 e. The number of rotatable bonds is 5. The average molecular weight is 307 g/mol. The lowest BCUT2D eigenvalue weighted by Gasteiger charge is -2.17. The van der Waals surface area contributed by atoms with Crippen LogP contribution in [0.25, 0.3) is 0 Å². The quantitative estimate of drug-likeness (QED) is 0.843. The maximum Gasteiger partial charge on any atom is 0.272 e. The molecule has 0 saturated heterocycles. The molecule has 0 unspecified atom stereocenters. The average Bonchev–Trinajstić information content (AvgIpc) is 2.55. The third-order valence-corrected chi connectivity index (χ3v) is 3.12. The van der Waals surface area contributed by atoms with Crippen molar-refractivity contribution in [2.24, 2.45) is 5.10 Å². The monoisotopic (exact) mass is 307 g/mol. The summed E-state index contributed by atoms with van der Waals surface area (Å²) in [5, 5.41) is 6.44. The Balaban J connectivity index is 2.28. The van der Waals surface area contributed by atoms with Crippen molar-refractivity contribution in [3.05, 3.63) is 12.1 Å². The molecule has 0 atom stereocenters. The van der Waals surface area contributed by atoms with Crippen molar-refractivity contribution < 1.29 is 23.8 Å². The summed E-state index contributed by atoms with van der Waals surface area (Å²) in [4.78, 5) is 23.3. The standard InChI is InChI=1S/C14H17N3O5/c1-20-8-6-10(21-2)13(11(7-8)22-3)15-14(19)9-4-5-12(18)17-16-9/h6-7H,4-5H2,1-3H3,(H,15,19)(H,17,18). The number of hydrogen-bond acceptors (Lipinski definition) is 6. The number of methoxy groups -OCH3 is 3. The number of hydrogen-bond donors (Lipinski definition) is 2. The maximum atomic E-state index is 12.2. The van der Waals surface area contributed by atoms with E-state index in [1.807, 2.05) is 0 Å². The van der Waals surface area contributed by atoms with Gasteiger partial charge in [0.2, 0.25) is 5.91 Å². The summed E-state index contributed by atoms with van der Waals surface area (Å²) in [7, 11) is 4.47. The Morgan fingerprint density at radius 2 is 1.77 bits per heavy atom. The summed E-state index contributed by atoms with van der Waals surface area (Å²) >= 11 is 0. The topological polar surface area (TPSA) is 98.3 Å². The van der Waals surface area contributed by atoms with Crippen LogP contribution in [0, 0.1) is 0 Å². The van der Waals surface area contributed by atoms with Gasteiger partial charge in [-0.05, 0) is 0 Å². The van der Waals surface area contributed by atoms with Gasteiger partial charge in [-0.25, -0.2) is 5.43 Å². The summed E-state index contributed by atoms with van der Waals surface area (Å²) in [5.74, 6) is 0.682. The van der Waals surface area contributed by atoms with E-state index in [-0.39, 0.29) is 24.5 Å². The molecule has 0 bridgehead atoms.